The quantitative estimate of drug-likeness (QED) is 0.423. The zero-order valence-corrected chi connectivity index (χ0v) is 13.0. The minimum atomic E-state index is 0.411. The van der Waals surface area contributed by atoms with Crippen LogP contribution < -0.4 is 11.1 Å². The minimum Gasteiger partial charge on any atom is -0.370 e. The fourth-order valence-electron chi connectivity index (χ4n) is 2.62. The number of guanidine groups is 1. The van der Waals surface area contributed by atoms with Gasteiger partial charge in [0.15, 0.2) is 5.96 Å². The molecule has 4 nitrogen and oxygen atoms in total. The first-order chi connectivity index (χ1) is 9.13. The van der Waals surface area contributed by atoms with Gasteiger partial charge in [-0.25, -0.2) is 0 Å². The number of hydrogen-bond acceptors (Lipinski definition) is 2. The molecule has 1 saturated carbocycles. The number of nitrogens with two attached hydrogens (primary N) is 1. The molecule has 0 spiro atoms. The van der Waals surface area contributed by atoms with E-state index in [0.717, 1.165) is 32.0 Å². The lowest BCUT2D eigenvalue weighted by molar-refractivity contribution is 0.191. The summed E-state index contributed by atoms with van der Waals surface area (Å²) in [7, 11) is 2.25. The van der Waals surface area contributed by atoms with Gasteiger partial charge >= 0.3 is 0 Å². The van der Waals surface area contributed by atoms with E-state index in [9.17, 15) is 0 Å². The zero-order valence-electron chi connectivity index (χ0n) is 13.0. The first kappa shape index (κ1) is 16.3. The average molecular weight is 268 g/mol. The summed E-state index contributed by atoms with van der Waals surface area (Å²) >= 11 is 0. The Morgan fingerprint density at radius 3 is 2.68 bits per heavy atom. The van der Waals surface area contributed by atoms with Crippen molar-refractivity contribution in [1.29, 1.82) is 0 Å². The molecule has 0 aromatic rings. The molecule has 1 atom stereocenters. The molecule has 0 aromatic heterocycles. The molecule has 0 amide bonds. The molecule has 0 radical (unpaired) electrons. The first-order valence-electron chi connectivity index (χ1n) is 7.90. The van der Waals surface area contributed by atoms with Crippen LogP contribution >= 0.6 is 0 Å². The van der Waals surface area contributed by atoms with Crippen LogP contribution in [0.4, 0.5) is 0 Å². The summed E-state index contributed by atoms with van der Waals surface area (Å²) in [6.07, 6.45) is 9.13. The maximum absolute atomic E-state index is 5.84. The van der Waals surface area contributed by atoms with Crippen molar-refractivity contribution in [1.82, 2.24) is 10.2 Å². The molecule has 0 heterocycles. The van der Waals surface area contributed by atoms with Crippen LogP contribution in [0.2, 0.25) is 0 Å². The van der Waals surface area contributed by atoms with Crippen molar-refractivity contribution in [2.75, 3.05) is 20.1 Å². The van der Waals surface area contributed by atoms with E-state index in [1.54, 1.807) is 0 Å². The summed E-state index contributed by atoms with van der Waals surface area (Å²) in [6.45, 7) is 6.22. The topological polar surface area (TPSA) is 53.6 Å². The van der Waals surface area contributed by atoms with Gasteiger partial charge in [-0.15, -0.1) is 0 Å². The van der Waals surface area contributed by atoms with Gasteiger partial charge in [-0.1, -0.05) is 26.2 Å². The monoisotopic (exact) mass is 268 g/mol. The lowest BCUT2D eigenvalue weighted by Gasteiger charge is -2.31. The number of rotatable bonds is 7. The normalized spacial score (nSPS) is 19.7. The largest absolute Gasteiger partial charge is 0.370 e. The molecule has 3 N–H and O–H groups in total. The molecule has 1 aliphatic rings. The Hall–Kier alpha value is -0.770. The zero-order chi connectivity index (χ0) is 14.1. The Morgan fingerprint density at radius 2 is 2.05 bits per heavy atom. The summed E-state index contributed by atoms with van der Waals surface area (Å²) < 4.78 is 0. The lowest BCUT2D eigenvalue weighted by atomic mass is 9.94. The van der Waals surface area contributed by atoms with E-state index in [0.29, 0.717) is 12.0 Å². The van der Waals surface area contributed by atoms with Crippen LogP contribution in [-0.4, -0.2) is 43.1 Å². The molecule has 0 aromatic carbocycles. The standard InChI is InChI=1S/C15H32N4/c1-4-13(2)18-15(16)17-11-8-12-19(3)14-9-6-5-7-10-14/h13-14H,4-12H2,1-3H3,(H3,16,17,18). The third kappa shape index (κ3) is 6.81. The Kier molecular flexibility index (Phi) is 7.87. The van der Waals surface area contributed by atoms with Crippen LogP contribution in [0.15, 0.2) is 4.99 Å². The van der Waals surface area contributed by atoms with E-state index >= 15 is 0 Å². The number of aliphatic imine (C=N–C) groups is 1. The van der Waals surface area contributed by atoms with Crippen molar-refractivity contribution in [3.8, 4) is 0 Å². The highest BCUT2D eigenvalue weighted by Crippen LogP contribution is 2.21. The minimum absolute atomic E-state index is 0.411. The van der Waals surface area contributed by atoms with E-state index in [1.807, 2.05) is 0 Å². The maximum atomic E-state index is 5.84. The highest BCUT2D eigenvalue weighted by Gasteiger charge is 2.17. The van der Waals surface area contributed by atoms with E-state index < -0.39 is 0 Å². The average Bonchev–Trinajstić information content (AvgIpc) is 2.44. The predicted octanol–water partition coefficient (Wildman–Crippen LogP) is 2.34. The third-order valence-corrected chi connectivity index (χ3v) is 4.16. The van der Waals surface area contributed by atoms with Crippen LogP contribution in [0.3, 0.4) is 0 Å². The van der Waals surface area contributed by atoms with Gasteiger partial charge < -0.3 is 16.0 Å². The Bertz CT molecular complexity index is 259. The van der Waals surface area contributed by atoms with Crippen molar-refractivity contribution < 1.29 is 0 Å². The second-order valence-electron chi connectivity index (χ2n) is 5.85. The van der Waals surface area contributed by atoms with Gasteiger partial charge in [0, 0.05) is 18.6 Å². The molecular formula is C15H32N4. The van der Waals surface area contributed by atoms with Gasteiger partial charge in [0.2, 0.25) is 0 Å². The Labute approximate surface area is 118 Å². The second kappa shape index (κ2) is 9.18. The predicted molar refractivity (Wildman–Crippen MR) is 83.5 cm³/mol. The Balaban J connectivity index is 2.13. The van der Waals surface area contributed by atoms with E-state index in [-0.39, 0.29) is 0 Å². The highest BCUT2D eigenvalue weighted by atomic mass is 15.1. The molecule has 0 saturated heterocycles. The van der Waals surface area contributed by atoms with Crippen LogP contribution in [-0.2, 0) is 0 Å². The Morgan fingerprint density at radius 1 is 1.37 bits per heavy atom. The van der Waals surface area contributed by atoms with Crippen molar-refractivity contribution in [3.05, 3.63) is 0 Å². The van der Waals surface area contributed by atoms with Gasteiger partial charge in [0.25, 0.3) is 0 Å². The highest BCUT2D eigenvalue weighted by molar-refractivity contribution is 5.78. The van der Waals surface area contributed by atoms with Gasteiger partial charge in [0.1, 0.15) is 0 Å². The molecule has 1 fully saturated rings. The van der Waals surface area contributed by atoms with Gasteiger partial charge in [-0.2, -0.15) is 0 Å². The summed E-state index contributed by atoms with van der Waals surface area (Å²) in [4.78, 5) is 6.89. The second-order valence-corrected chi connectivity index (χ2v) is 5.85. The molecule has 0 aliphatic heterocycles. The van der Waals surface area contributed by atoms with E-state index in [2.05, 4.69) is 36.1 Å². The fourth-order valence-corrected chi connectivity index (χ4v) is 2.62. The summed E-state index contributed by atoms with van der Waals surface area (Å²) in [5, 5.41) is 3.20. The van der Waals surface area contributed by atoms with Crippen LogP contribution in [0, 0.1) is 0 Å². The van der Waals surface area contributed by atoms with Crippen molar-refractivity contribution >= 4 is 5.96 Å². The summed E-state index contributed by atoms with van der Waals surface area (Å²) in [5.41, 5.74) is 5.84. The first-order valence-corrected chi connectivity index (χ1v) is 7.90. The van der Waals surface area contributed by atoms with Crippen LogP contribution in [0.25, 0.3) is 0 Å². The molecule has 19 heavy (non-hydrogen) atoms. The summed E-state index contributed by atoms with van der Waals surface area (Å²) in [6, 6.07) is 1.21. The molecule has 0 bridgehead atoms. The van der Waals surface area contributed by atoms with Gasteiger partial charge in [0.05, 0.1) is 0 Å². The van der Waals surface area contributed by atoms with E-state index in [4.69, 9.17) is 5.73 Å². The lowest BCUT2D eigenvalue weighted by Crippen LogP contribution is -2.38. The number of nitrogens with one attached hydrogen (secondary N) is 1. The van der Waals surface area contributed by atoms with Gasteiger partial charge in [-0.05, 0) is 46.2 Å². The molecule has 1 aliphatic carbocycles. The third-order valence-electron chi connectivity index (χ3n) is 4.16. The molecule has 1 unspecified atom stereocenters. The molecule has 4 heteroatoms. The van der Waals surface area contributed by atoms with Gasteiger partial charge in [-0.3, -0.25) is 4.99 Å². The van der Waals surface area contributed by atoms with Crippen molar-refractivity contribution in [2.45, 2.75) is 70.9 Å². The molecule has 112 valence electrons. The smallest absolute Gasteiger partial charge is 0.188 e. The maximum Gasteiger partial charge on any atom is 0.188 e. The van der Waals surface area contributed by atoms with Crippen molar-refractivity contribution in [3.63, 3.8) is 0 Å². The molecule has 1 rings (SSSR count). The van der Waals surface area contributed by atoms with Crippen LogP contribution in [0.5, 0.6) is 0 Å². The van der Waals surface area contributed by atoms with Crippen LogP contribution in [0.1, 0.15) is 58.8 Å². The SMILES string of the molecule is CCC(C)NC(N)=NCCCN(C)C1CCCCC1. The molecular weight excluding hydrogens is 236 g/mol. The summed E-state index contributed by atoms with van der Waals surface area (Å²) in [5.74, 6) is 0.592. The van der Waals surface area contributed by atoms with E-state index in [1.165, 1.54) is 32.1 Å². The number of hydrogen-bond donors (Lipinski definition) is 2. The fraction of sp³-hybridized carbons (Fsp3) is 0.933. The number of nitrogens with zero attached hydrogens (tertiary/aromatic N) is 2. The van der Waals surface area contributed by atoms with Crippen molar-refractivity contribution in [2.24, 2.45) is 10.7 Å².